The van der Waals surface area contributed by atoms with Crippen molar-refractivity contribution in [3.63, 3.8) is 0 Å². The summed E-state index contributed by atoms with van der Waals surface area (Å²) in [5.74, 6) is 0. The van der Waals surface area contributed by atoms with E-state index in [4.69, 9.17) is 28.9 Å². The molecule has 0 aliphatic carbocycles. The van der Waals surface area contributed by atoms with E-state index in [1.54, 1.807) is 17.4 Å². The summed E-state index contributed by atoms with van der Waals surface area (Å²) in [4.78, 5) is 4.55. The van der Waals surface area contributed by atoms with Crippen molar-refractivity contribution in [2.75, 3.05) is 5.73 Å². The van der Waals surface area contributed by atoms with E-state index < -0.39 is 0 Å². The number of thiazole rings is 1. The van der Waals surface area contributed by atoms with Crippen LogP contribution in [0.1, 0.15) is 0 Å². The number of nitrogen functional groups attached to an aromatic ring is 1. The van der Waals surface area contributed by atoms with Crippen molar-refractivity contribution in [1.82, 2.24) is 4.98 Å². The van der Waals surface area contributed by atoms with E-state index in [9.17, 15) is 0 Å². The summed E-state index contributed by atoms with van der Waals surface area (Å²) < 4.78 is 1.05. The molecule has 0 radical (unpaired) electrons. The van der Waals surface area contributed by atoms with Gasteiger partial charge in [0.05, 0.1) is 10.2 Å². The molecule has 3 aromatic rings. The van der Waals surface area contributed by atoms with Gasteiger partial charge < -0.3 is 5.73 Å². The van der Waals surface area contributed by atoms with E-state index in [0.29, 0.717) is 15.7 Å². The molecule has 1 aromatic heterocycles. The average Bonchev–Trinajstić information content (AvgIpc) is 2.71. The summed E-state index contributed by atoms with van der Waals surface area (Å²) in [6.07, 6.45) is 0. The highest BCUT2D eigenvalue weighted by Gasteiger charge is 2.09. The second-order valence-electron chi connectivity index (χ2n) is 3.86. The highest BCUT2D eigenvalue weighted by molar-refractivity contribution is 7.21. The molecule has 18 heavy (non-hydrogen) atoms. The van der Waals surface area contributed by atoms with Crippen molar-refractivity contribution in [1.29, 1.82) is 0 Å². The standard InChI is InChI=1S/C13H8Cl2N2S/c14-7-1-3-9(10(16)5-7)13-17-11-4-2-8(15)6-12(11)18-13/h1-6H,16H2. The Morgan fingerprint density at radius 2 is 1.72 bits per heavy atom. The SMILES string of the molecule is Nc1cc(Cl)ccc1-c1nc2ccc(Cl)cc2s1. The van der Waals surface area contributed by atoms with Crippen molar-refractivity contribution < 1.29 is 0 Å². The van der Waals surface area contributed by atoms with Crippen LogP contribution in [-0.4, -0.2) is 4.98 Å². The third-order valence-electron chi connectivity index (χ3n) is 2.59. The fraction of sp³-hybridized carbons (Fsp3) is 0. The predicted molar refractivity (Wildman–Crippen MR) is 79.5 cm³/mol. The van der Waals surface area contributed by atoms with Crippen LogP contribution in [0, 0.1) is 0 Å². The van der Waals surface area contributed by atoms with Crippen LogP contribution in [0.15, 0.2) is 36.4 Å². The van der Waals surface area contributed by atoms with Gasteiger partial charge in [-0.05, 0) is 36.4 Å². The van der Waals surface area contributed by atoms with Gasteiger partial charge in [-0.3, -0.25) is 0 Å². The number of rotatable bonds is 1. The van der Waals surface area contributed by atoms with Gasteiger partial charge in [0.15, 0.2) is 0 Å². The third-order valence-corrected chi connectivity index (χ3v) is 4.12. The van der Waals surface area contributed by atoms with Gasteiger partial charge in [0.1, 0.15) is 5.01 Å². The molecule has 0 spiro atoms. The van der Waals surface area contributed by atoms with Crippen molar-refractivity contribution in [2.24, 2.45) is 0 Å². The Kier molecular flexibility index (Phi) is 2.90. The molecule has 0 atom stereocenters. The van der Waals surface area contributed by atoms with Crippen LogP contribution in [0.3, 0.4) is 0 Å². The monoisotopic (exact) mass is 294 g/mol. The molecule has 0 amide bonds. The van der Waals surface area contributed by atoms with Gasteiger partial charge in [0, 0.05) is 21.3 Å². The van der Waals surface area contributed by atoms with Gasteiger partial charge in [-0.25, -0.2) is 4.98 Å². The van der Waals surface area contributed by atoms with Crippen LogP contribution in [0.4, 0.5) is 5.69 Å². The maximum atomic E-state index is 5.96. The number of benzene rings is 2. The van der Waals surface area contributed by atoms with Crippen LogP contribution in [0.25, 0.3) is 20.8 Å². The Labute approximate surface area is 118 Å². The molecule has 5 heteroatoms. The summed E-state index contributed by atoms with van der Waals surface area (Å²) in [5.41, 5.74) is 8.42. The minimum Gasteiger partial charge on any atom is -0.398 e. The van der Waals surface area contributed by atoms with Gasteiger partial charge in [0.25, 0.3) is 0 Å². The maximum absolute atomic E-state index is 5.96. The van der Waals surface area contributed by atoms with Crippen LogP contribution >= 0.6 is 34.5 Å². The van der Waals surface area contributed by atoms with Gasteiger partial charge in [-0.15, -0.1) is 11.3 Å². The summed E-state index contributed by atoms with van der Waals surface area (Å²) in [6.45, 7) is 0. The first-order valence-corrected chi connectivity index (χ1v) is 6.82. The lowest BCUT2D eigenvalue weighted by atomic mass is 10.2. The Balaban J connectivity index is 2.19. The zero-order chi connectivity index (χ0) is 12.7. The molecular weight excluding hydrogens is 287 g/mol. The molecule has 2 aromatic carbocycles. The topological polar surface area (TPSA) is 38.9 Å². The highest BCUT2D eigenvalue weighted by atomic mass is 35.5. The lowest BCUT2D eigenvalue weighted by molar-refractivity contribution is 1.48. The first-order valence-electron chi connectivity index (χ1n) is 5.25. The Morgan fingerprint density at radius 3 is 2.50 bits per heavy atom. The summed E-state index contributed by atoms with van der Waals surface area (Å²) in [6, 6.07) is 11.1. The molecule has 0 saturated heterocycles. The molecule has 3 rings (SSSR count). The Morgan fingerprint density at radius 1 is 1.00 bits per heavy atom. The number of fused-ring (bicyclic) bond motifs is 1. The van der Waals surface area contributed by atoms with Crippen molar-refractivity contribution in [3.8, 4) is 10.6 Å². The molecule has 0 aliphatic heterocycles. The second kappa shape index (κ2) is 4.43. The molecule has 90 valence electrons. The van der Waals surface area contributed by atoms with E-state index in [-0.39, 0.29) is 0 Å². The zero-order valence-corrected chi connectivity index (χ0v) is 11.5. The van der Waals surface area contributed by atoms with Crippen LogP contribution in [0.2, 0.25) is 10.0 Å². The molecule has 0 unspecified atom stereocenters. The van der Waals surface area contributed by atoms with Crippen LogP contribution in [-0.2, 0) is 0 Å². The van der Waals surface area contributed by atoms with Gasteiger partial charge in [-0.2, -0.15) is 0 Å². The lowest BCUT2D eigenvalue weighted by Crippen LogP contribution is -1.88. The van der Waals surface area contributed by atoms with Crippen LogP contribution < -0.4 is 5.73 Å². The molecule has 2 N–H and O–H groups in total. The van der Waals surface area contributed by atoms with Crippen LogP contribution in [0.5, 0.6) is 0 Å². The first kappa shape index (κ1) is 11.8. The normalized spacial score (nSPS) is 11.0. The summed E-state index contributed by atoms with van der Waals surface area (Å²) >= 11 is 13.4. The van der Waals surface area contributed by atoms with Crippen molar-refractivity contribution in [3.05, 3.63) is 46.4 Å². The number of anilines is 1. The molecule has 2 nitrogen and oxygen atoms in total. The minimum atomic E-state index is 0.625. The third kappa shape index (κ3) is 2.05. The van der Waals surface area contributed by atoms with Gasteiger partial charge >= 0.3 is 0 Å². The number of halogens is 2. The number of nitrogens with zero attached hydrogens (tertiary/aromatic N) is 1. The number of nitrogens with two attached hydrogens (primary N) is 1. The summed E-state index contributed by atoms with van der Waals surface area (Å²) in [5, 5.41) is 2.21. The summed E-state index contributed by atoms with van der Waals surface area (Å²) in [7, 11) is 0. The van der Waals surface area contributed by atoms with Gasteiger partial charge in [-0.1, -0.05) is 23.2 Å². The quantitative estimate of drug-likeness (QED) is 0.652. The molecule has 0 aliphatic rings. The number of aromatic nitrogens is 1. The molecule has 1 heterocycles. The average molecular weight is 295 g/mol. The van der Waals surface area contributed by atoms with E-state index in [2.05, 4.69) is 4.98 Å². The van der Waals surface area contributed by atoms with Gasteiger partial charge in [0.2, 0.25) is 0 Å². The van der Waals surface area contributed by atoms with E-state index in [1.807, 2.05) is 30.3 Å². The predicted octanol–water partition coefficient (Wildman–Crippen LogP) is 4.85. The number of hydrogen-bond donors (Lipinski definition) is 1. The minimum absolute atomic E-state index is 0.625. The second-order valence-corrected chi connectivity index (χ2v) is 5.77. The fourth-order valence-electron chi connectivity index (χ4n) is 1.74. The Bertz CT molecular complexity index is 737. The molecule has 0 bridgehead atoms. The smallest absolute Gasteiger partial charge is 0.126 e. The van der Waals surface area contributed by atoms with E-state index >= 15 is 0 Å². The Hall–Kier alpha value is -1.29. The number of hydrogen-bond acceptors (Lipinski definition) is 3. The fourth-order valence-corrected chi connectivity index (χ4v) is 3.21. The lowest BCUT2D eigenvalue weighted by Gasteiger charge is -2.01. The first-order chi connectivity index (χ1) is 8.63. The van der Waals surface area contributed by atoms with E-state index in [1.165, 1.54) is 0 Å². The maximum Gasteiger partial charge on any atom is 0.126 e. The highest BCUT2D eigenvalue weighted by Crippen LogP contribution is 2.35. The zero-order valence-electron chi connectivity index (χ0n) is 9.15. The molecule has 0 saturated carbocycles. The van der Waals surface area contributed by atoms with Crippen molar-refractivity contribution >= 4 is 50.4 Å². The molecular formula is C13H8Cl2N2S. The molecule has 0 fully saturated rings. The largest absolute Gasteiger partial charge is 0.398 e. The van der Waals surface area contributed by atoms with E-state index in [0.717, 1.165) is 20.8 Å². The van der Waals surface area contributed by atoms with Crippen molar-refractivity contribution in [2.45, 2.75) is 0 Å².